The van der Waals surface area contributed by atoms with Crippen LogP contribution in [0.5, 0.6) is 0 Å². The van der Waals surface area contributed by atoms with Crippen molar-refractivity contribution in [1.82, 2.24) is 4.90 Å². The lowest BCUT2D eigenvalue weighted by Gasteiger charge is -2.33. The van der Waals surface area contributed by atoms with Crippen molar-refractivity contribution in [2.45, 2.75) is 70.5 Å². The van der Waals surface area contributed by atoms with E-state index < -0.39 is 23.8 Å². The average molecular weight is 465 g/mol. The lowest BCUT2D eigenvalue weighted by atomic mass is 9.94. The van der Waals surface area contributed by atoms with Crippen LogP contribution in [0.1, 0.15) is 63.9 Å². The minimum absolute atomic E-state index is 0.120. The second kappa shape index (κ2) is 9.97. The third-order valence-electron chi connectivity index (χ3n) is 6.25. The molecule has 0 unspecified atom stereocenters. The maximum absolute atomic E-state index is 12.8. The number of hydrogen-bond acceptors (Lipinski definition) is 6. The summed E-state index contributed by atoms with van der Waals surface area (Å²) in [6, 6.07) is 19.1. The first-order chi connectivity index (χ1) is 16.3. The zero-order chi connectivity index (χ0) is 24.3. The van der Waals surface area contributed by atoms with Crippen LogP contribution in [0.15, 0.2) is 65.8 Å². The minimum atomic E-state index is -0.720. The first kappa shape index (κ1) is 24.0. The van der Waals surface area contributed by atoms with Gasteiger partial charge < -0.3 is 14.3 Å². The molecular weight excluding hydrogens is 432 g/mol. The van der Waals surface area contributed by atoms with E-state index in [0.717, 1.165) is 34.6 Å². The highest BCUT2D eigenvalue weighted by molar-refractivity contribution is 5.94. The van der Waals surface area contributed by atoms with E-state index >= 15 is 0 Å². The van der Waals surface area contributed by atoms with Gasteiger partial charge >= 0.3 is 6.09 Å². The largest absolute Gasteiger partial charge is 0.443 e. The summed E-state index contributed by atoms with van der Waals surface area (Å²) in [5.74, 6) is 0.146. The van der Waals surface area contributed by atoms with Crippen molar-refractivity contribution >= 4 is 18.2 Å². The number of oxime groups is 1. The molecule has 5 atom stereocenters. The standard InChI is InChI=1S/C27H32N2O5/c1-18(29(17-30)26(31)33-27(2,3)4)24(19-11-7-5-8-12-19)32-22-16-15-21-23(22)28-34-25(21)20-13-9-6-10-14-20/h5-14,17-18,21-22,24-25H,15-16H2,1-4H3/t18-,21+,22+,24-,25-/m0/s1. The van der Waals surface area contributed by atoms with Gasteiger partial charge in [-0.2, -0.15) is 0 Å². The summed E-state index contributed by atoms with van der Waals surface area (Å²) < 4.78 is 12.1. The average Bonchev–Trinajstić information content (AvgIpc) is 3.40. The van der Waals surface area contributed by atoms with Gasteiger partial charge in [0.2, 0.25) is 6.41 Å². The number of benzene rings is 2. The molecule has 0 radical (unpaired) electrons. The quantitative estimate of drug-likeness (QED) is 0.511. The summed E-state index contributed by atoms with van der Waals surface area (Å²) in [5, 5.41) is 4.41. The summed E-state index contributed by atoms with van der Waals surface area (Å²) in [7, 11) is 0. The fourth-order valence-electron chi connectivity index (χ4n) is 4.62. The number of rotatable bonds is 7. The molecule has 4 rings (SSSR count). The van der Waals surface area contributed by atoms with Crippen molar-refractivity contribution in [1.29, 1.82) is 0 Å². The van der Waals surface area contributed by atoms with Gasteiger partial charge in [-0.05, 0) is 51.7 Å². The molecular formula is C27H32N2O5. The zero-order valence-electron chi connectivity index (χ0n) is 20.1. The molecule has 2 aromatic carbocycles. The van der Waals surface area contributed by atoms with Gasteiger partial charge in [0.1, 0.15) is 17.8 Å². The van der Waals surface area contributed by atoms with Crippen molar-refractivity contribution in [2.75, 3.05) is 0 Å². The van der Waals surface area contributed by atoms with E-state index in [0.29, 0.717) is 6.41 Å². The van der Waals surface area contributed by atoms with Crippen LogP contribution in [0.2, 0.25) is 0 Å². The summed E-state index contributed by atoms with van der Waals surface area (Å²) >= 11 is 0. The van der Waals surface area contributed by atoms with Gasteiger partial charge in [0.15, 0.2) is 6.10 Å². The Labute approximate surface area is 200 Å². The Morgan fingerprint density at radius 2 is 1.74 bits per heavy atom. The number of imide groups is 1. The maximum Gasteiger partial charge on any atom is 0.417 e. The van der Waals surface area contributed by atoms with E-state index in [4.69, 9.17) is 14.3 Å². The normalized spacial score (nSPS) is 23.3. The fraction of sp³-hybridized carbons (Fsp3) is 0.444. The molecule has 34 heavy (non-hydrogen) atoms. The Balaban J connectivity index is 1.55. The molecule has 0 aromatic heterocycles. The molecule has 1 heterocycles. The first-order valence-corrected chi connectivity index (χ1v) is 11.7. The van der Waals surface area contributed by atoms with Crippen LogP contribution < -0.4 is 0 Å². The molecule has 1 fully saturated rings. The summed E-state index contributed by atoms with van der Waals surface area (Å²) in [4.78, 5) is 31.6. The fourth-order valence-corrected chi connectivity index (χ4v) is 4.62. The number of nitrogens with zero attached hydrogens (tertiary/aromatic N) is 2. The molecule has 2 aliphatic rings. The summed E-state index contributed by atoms with van der Waals surface area (Å²) in [6.07, 6.45) is 0.555. The van der Waals surface area contributed by atoms with Crippen molar-refractivity contribution in [3.05, 3.63) is 71.8 Å². The molecule has 1 aliphatic carbocycles. The number of carbonyl (C=O) groups is 2. The third-order valence-corrected chi connectivity index (χ3v) is 6.25. The summed E-state index contributed by atoms with van der Waals surface area (Å²) in [6.45, 7) is 7.10. The molecule has 2 amide bonds. The van der Waals surface area contributed by atoms with E-state index in [1.807, 2.05) is 48.5 Å². The molecule has 0 saturated heterocycles. The summed E-state index contributed by atoms with van der Waals surface area (Å²) in [5.41, 5.74) is 2.13. The Bertz CT molecular complexity index is 1020. The SMILES string of the molecule is C[C@@H]([C@H](O[C@@H]1CC[C@@H]2C1=NO[C@H]2c1ccccc1)c1ccccc1)N(C=O)C(=O)OC(C)(C)C. The van der Waals surface area contributed by atoms with Gasteiger partial charge in [-0.1, -0.05) is 65.8 Å². The van der Waals surface area contributed by atoms with E-state index in [2.05, 4.69) is 17.3 Å². The molecule has 1 aliphatic heterocycles. The first-order valence-electron chi connectivity index (χ1n) is 11.7. The highest BCUT2D eigenvalue weighted by atomic mass is 16.6. The van der Waals surface area contributed by atoms with Gasteiger partial charge in [-0.15, -0.1) is 0 Å². The van der Waals surface area contributed by atoms with Crippen molar-refractivity contribution in [2.24, 2.45) is 11.1 Å². The van der Waals surface area contributed by atoms with Gasteiger partial charge in [0.25, 0.3) is 0 Å². The lowest BCUT2D eigenvalue weighted by molar-refractivity contribution is -0.123. The van der Waals surface area contributed by atoms with Crippen LogP contribution in [0, 0.1) is 5.92 Å². The van der Waals surface area contributed by atoms with Crippen molar-refractivity contribution in [3.63, 3.8) is 0 Å². The van der Waals surface area contributed by atoms with Crippen LogP contribution in [-0.2, 0) is 19.1 Å². The van der Waals surface area contributed by atoms with Crippen LogP contribution in [0.3, 0.4) is 0 Å². The Kier molecular flexibility index (Phi) is 7.03. The predicted molar refractivity (Wildman–Crippen MR) is 128 cm³/mol. The molecule has 180 valence electrons. The van der Waals surface area contributed by atoms with Gasteiger partial charge in [-0.25, -0.2) is 9.69 Å². The topological polar surface area (TPSA) is 77.4 Å². The Hall–Kier alpha value is -3.19. The van der Waals surface area contributed by atoms with Gasteiger partial charge in [0.05, 0.1) is 11.8 Å². The molecule has 1 saturated carbocycles. The number of amides is 2. The monoisotopic (exact) mass is 464 g/mol. The maximum atomic E-state index is 12.8. The zero-order valence-corrected chi connectivity index (χ0v) is 20.1. The van der Waals surface area contributed by atoms with E-state index in [1.165, 1.54) is 0 Å². The second-order valence-electron chi connectivity index (χ2n) is 9.83. The second-order valence-corrected chi connectivity index (χ2v) is 9.83. The van der Waals surface area contributed by atoms with Gasteiger partial charge in [-0.3, -0.25) is 4.79 Å². The highest BCUT2D eigenvalue weighted by Gasteiger charge is 2.46. The molecule has 7 nitrogen and oxygen atoms in total. The molecule has 2 aromatic rings. The van der Waals surface area contributed by atoms with Crippen LogP contribution in [-0.4, -0.2) is 40.9 Å². The van der Waals surface area contributed by atoms with E-state index in [9.17, 15) is 9.59 Å². The lowest BCUT2D eigenvalue weighted by Crippen LogP contribution is -2.45. The van der Waals surface area contributed by atoms with Crippen LogP contribution in [0.25, 0.3) is 0 Å². The molecule has 7 heteroatoms. The Morgan fingerprint density at radius 1 is 1.09 bits per heavy atom. The van der Waals surface area contributed by atoms with E-state index in [1.54, 1.807) is 27.7 Å². The predicted octanol–water partition coefficient (Wildman–Crippen LogP) is 5.43. The number of hydrogen-bond donors (Lipinski definition) is 0. The van der Waals surface area contributed by atoms with Gasteiger partial charge in [0, 0.05) is 5.92 Å². The van der Waals surface area contributed by atoms with Crippen molar-refractivity contribution in [3.8, 4) is 0 Å². The number of fused-ring (bicyclic) bond motifs is 1. The van der Waals surface area contributed by atoms with E-state index in [-0.39, 0.29) is 18.1 Å². The highest BCUT2D eigenvalue weighted by Crippen LogP contribution is 2.44. The molecule has 0 N–H and O–H groups in total. The number of ether oxygens (including phenoxy) is 2. The third kappa shape index (κ3) is 5.14. The Morgan fingerprint density at radius 3 is 2.35 bits per heavy atom. The van der Waals surface area contributed by atoms with Crippen molar-refractivity contribution < 1.29 is 23.9 Å². The number of carbonyl (C=O) groups excluding carboxylic acids is 2. The minimum Gasteiger partial charge on any atom is -0.443 e. The smallest absolute Gasteiger partial charge is 0.417 e. The van der Waals surface area contributed by atoms with Crippen LogP contribution >= 0.6 is 0 Å². The van der Waals surface area contributed by atoms with Crippen LogP contribution in [0.4, 0.5) is 4.79 Å². The molecule has 0 spiro atoms. The molecule has 0 bridgehead atoms.